The molecule has 0 spiro atoms. The molecule has 2 aromatic heterocycles. The summed E-state index contributed by atoms with van der Waals surface area (Å²) in [5.41, 5.74) is 12.1. The van der Waals surface area contributed by atoms with E-state index in [2.05, 4.69) is 162 Å². The number of anilines is 3. The number of furan rings is 1. The van der Waals surface area contributed by atoms with Crippen molar-refractivity contribution in [3.63, 3.8) is 0 Å². The molecule has 5 nitrogen and oxygen atoms in total. The highest BCUT2D eigenvalue weighted by atomic mass is 16.5. The van der Waals surface area contributed by atoms with E-state index in [9.17, 15) is 0 Å². The summed E-state index contributed by atoms with van der Waals surface area (Å²) in [5.74, 6) is 2.87. The molecule has 0 radical (unpaired) electrons. The zero-order valence-corrected chi connectivity index (χ0v) is 26.0. The van der Waals surface area contributed by atoms with Crippen LogP contribution in [0.4, 0.5) is 17.1 Å². The summed E-state index contributed by atoms with van der Waals surface area (Å²) in [5, 5.41) is 2.20. The van der Waals surface area contributed by atoms with Crippen molar-refractivity contribution < 1.29 is 13.7 Å². The van der Waals surface area contributed by atoms with Crippen LogP contribution in [0.1, 0.15) is 5.56 Å². The van der Waals surface area contributed by atoms with Crippen LogP contribution < -0.4 is 30.6 Å². The monoisotopic (exact) mass is 606 g/mol. The van der Waals surface area contributed by atoms with Crippen molar-refractivity contribution in [1.29, 1.82) is 0 Å². The lowest BCUT2D eigenvalue weighted by atomic mass is 9.34. The fourth-order valence-electron chi connectivity index (χ4n) is 7.76. The number of imidazole rings is 1. The Bertz CT molecular complexity index is 2530. The van der Waals surface area contributed by atoms with Crippen molar-refractivity contribution in [1.82, 2.24) is 4.57 Å². The Morgan fingerprint density at radius 1 is 0.660 bits per heavy atom. The van der Waals surface area contributed by atoms with E-state index in [1.54, 1.807) is 0 Å². The molecule has 0 aliphatic carbocycles. The molecule has 6 aromatic carbocycles. The molecule has 2 aliphatic rings. The predicted molar refractivity (Wildman–Crippen MR) is 190 cm³/mol. The van der Waals surface area contributed by atoms with Crippen molar-refractivity contribution >= 4 is 62.1 Å². The molecule has 8 aromatic rings. The Morgan fingerprint density at radius 3 is 2.23 bits per heavy atom. The van der Waals surface area contributed by atoms with Crippen LogP contribution in [0, 0.1) is 6.92 Å². The van der Waals surface area contributed by atoms with Crippen molar-refractivity contribution in [3.8, 4) is 28.6 Å². The number of hydrogen-bond donors (Lipinski definition) is 0. The second-order valence-electron chi connectivity index (χ2n) is 12.5. The van der Waals surface area contributed by atoms with Crippen molar-refractivity contribution in [2.24, 2.45) is 7.05 Å². The summed E-state index contributed by atoms with van der Waals surface area (Å²) in [6.07, 6.45) is 4.23. The zero-order chi connectivity index (χ0) is 31.2. The molecule has 0 fully saturated rings. The van der Waals surface area contributed by atoms with Gasteiger partial charge in [0.15, 0.2) is 5.58 Å². The average Bonchev–Trinajstić information content (AvgIpc) is 3.67. The number of aryl methyl sites for hydroxylation is 2. The Morgan fingerprint density at radius 2 is 1.40 bits per heavy atom. The van der Waals surface area contributed by atoms with Crippen LogP contribution >= 0.6 is 0 Å². The smallest absolute Gasteiger partial charge is 0.297 e. The SMILES string of the molecule is Cc1ccc2c(oc3cc4c(cc32)N(c2ccccc2)c2cccc3c2B4c2ccccc2O3)c1-c1n(-c2ccccc2)cc[n+]1C. The number of aromatic nitrogens is 2. The summed E-state index contributed by atoms with van der Waals surface area (Å²) in [6.45, 7) is 2.18. The first-order valence-corrected chi connectivity index (χ1v) is 16.0. The van der Waals surface area contributed by atoms with Crippen LogP contribution in [-0.4, -0.2) is 11.3 Å². The first kappa shape index (κ1) is 26.2. The molecular weight excluding hydrogens is 577 g/mol. The van der Waals surface area contributed by atoms with Gasteiger partial charge in [0.1, 0.15) is 40.7 Å². The van der Waals surface area contributed by atoms with Crippen LogP contribution in [0.25, 0.3) is 39.0 Å². The van der Waals surface area contributed by atoms with Gasteiger partial charge in [-0.3, -0.25) is 0 Å². The molecule has 0 saturated heterocycles. The molecule has 0 bridgehead atoms. The second kappa shape index (κ2) is 9.75. The molecule has 0 N–H and O–H groups in total. The van der Waals surface area contributed by atoms with Crippen LogP contribution in [0.5, 0.6) is 11.5 Å². The quantitative estimate of drug-likeness (QED) is 0.154. The fraction of sp³-hybridized carbons (Fsp3) is 0.0488. The van der Waals surface area contributed by atoms with E-state index in [-0.39, 0.29) is 6.71 Å². The number of ether oxygens (including phenoxy) is 1. The molecule has 47 heavy (non-hydrogen) atoms. The third kappa shape index (κ3) is 3.70. The van der Waals surface area contributed by atoms with E-state index >= 15 is 0 Å². The fourth-order valence-corrected chi connectivity index (χ4v) is 7.76. The van der Waals surface area contributed by atoms with Crippen LogP contribution in [0.15, 0.2) is 144 Å². The summed E-state index contributed by atoms with van der Waals surface area (Å²) in [6, 6.07) is 45.0. The Labute approximate surface area is 272 Å². The van der Waals surface area contributed by atoms with E-state index in [1.165, 1.54) is 16.4 Å². The van der Waals surface area contributed by atoms with Gasteiger partial charge in [0.05, 0.1) is 7.05 Å². The largest absolute Gasteiger partial charge is 0.458 e. The summed E-state index contributed by atoms with van der Waals surface area (Å²) in [4.78, 5) is 2.38. The van der Waals surface area contributed by atoms with Gasteiger partial charge >= 0.3 is 0 Å². The maximum Gasteiger partial charge on any atom is 0.297 e. The number of benzene rings is 6. The van der Waals surface area contributed by atoms with Gasteiger partial charge in [-0.2, -0.15) is 4.57 Å². The lowest BCUT2D eigenvalue weighted by Gasteiger charge is -2.39. The molecule has 10 rings (SSSR count). The van der Waals surface area contributed by atoms with E-state index in [0.717, 1.165) is 73.1 Å². The first-order valence-electron chi connectivity index (χ1n) is 16.0. The summed E-state index contributed by atoms with van der Waals surface area (Å²) < 4.78 is 17.9. The van der Waals surface area contributed by atoms with Gasteiger partial charge < -0.3 is 14.1 Å². The van der Waals surface area contributed by atoms with Crippen molar-refractivity contribution in [2.45, 2.75) is 6.92 Å². The second-order valence-corrected chi connectivity index (χ2v) is 12.5. The third-order valence-corrected chi connectivity index (χ3v) is 9.85. The molecule has 6 heteroatoms. The zero-order valence-electron chi connectivity index (χ0n) is 26.0. The molecular formula is C41H29BN3O2+. The third-order valence-electron chi connectivity index (χ3n) is 9.85. The predicted octanol–water partition coefficient (Wildman–Crippen LogP) is 7.58. The number of nitrogens with zero attached hydrogens (tertiary/aromatic N) is 3. The van der Waals surface area contributed by atoms with Gasteiger partial charge in [0.25, 0.3) is 12.5 Å². The van der Waals surface area contributed by atoms with E-state index in [0.29, 0.717) is 0 Å². The Kier molecular flexibility index (Phi) is 5.44. The molecule has 2 aliphatic heterocycles. The van der Waals surface area contributed by atoms with Crippen LogP contribution in [0.2, 0.25) is 0 Å². The minimum absolute atomic E-state index is 0.00745. The van der Waals surface area contributed by atoms with Gasteiger partial charge in [-0.25, -0.2) is 4.57 Å². The number of para-hydroxylation sites is 3. The molecule has 0 unspecified atom stereocenters. The molecule has 4 heterocycles. The minimum Gasteiger partial charge on any atom is -0.458 e. The Hall–Kier alpha value is -6.01. The molecule has 222 valence electrons. The van der Waals surface area contributed by atoms with Gasteiger partial charge in [-0.15, -0.1) is 0 Å². The van der Waals surface area contributed by atoms with Crippen LogP contribution in [0.3, 0.4) is 0 Å². The first-order chi connectivity index (χ1) is 23.2. The molecule has 0 amide bonds. The van der Waals surface area contributed by atoms with Gasteiger partial charge in [-0.1, -0.05) is 72.8 Å². The standard InChI is InChI=1S/C41H29BN3O2/c1-26-20-21-29-30-24-34-32(25-37(30)47-40(29)38(26)41-43(2)22-23-44(41)27-12-5-3-6-13-27)42-31-16-9-10-18-35(31)46-36-19-11-17-33(39(36)42)45(34)28-14-7-4-8-15-28/h3-25H,1-2H3/q+1. The van der Waals surface area contributed by atoms with Gasteiger partial charge in [0.2, 0.25) is 0 Å². The van der Waals surface area contributed by atoms with E-state index in [4.69, 9.17) is 9.15 Å². The highest BCUT2D eigenvalue weighted by molar-refractivity contribution is 6.99. The van der Waals surface area contributed by atoms with Crippen molar-refractivity contribution in [3.05, 3.63) is 145 Å². The summed E-state index contributed by atoms with van der Waals surface area (Å²) >= 11 is 0. The van der Waals surface area contributed by atoms with Crippen molar-refractivity contribution in [2.75, 3.05) is 4.90 Å². The molecule has 0 atom stereocenters. The average molecular weight is 607 g/mol. The summed E-state index contributed by atoms with van der Waals surface area (Å²) in [7, 11) is 2.10. The van der Waals surface area contributed by atoms with E-state index < -0.39 is 0 Å². The topological polar surface area (TPSA) is 34.4 Å². The van der Waals surface area contributed by atoms with Crippen LogP contribution in [-0.2, 0) is 7.05 Å². The maximum atomic E-state index is 6.98. The van der Waals surface area contributed by atoms with Gasteiger partial charge in [-0.05, 0) is 83.5 Å². The highest BCUT2D eigenvalue weighted by Gasteiger charge is 2.42. The highest BCUT2D eigenvalue weighted by Crippen LogP contribution is 2.44. The number of hydrogen-bond acceptors (Lipinski definition) is 3. The number of rotatable bonds is 3. The Balaban J connectivity index is 1.28. The van der Waals surface area contributed by atoms with E-state index in [1.807, 2.05) is 6.07 Å². The van der Waals surface area contributed by atoms with Gasteiger partial charge in [0, 0.05) is 27.8 Å². The maximum absolute atomic E-state index is 6.98. The molecule has 0 saturated carbocycles. The minimum atomic E-state index is 0.00745. The normalized spacial score (nSPS) is 13.0. The number of fused-ring (bicyclic) bond motifs is 7. The lowest BCUT2D eigenvalue weighted by molar-refractivity contribution is -0.659. The lowest BCUT2D eigenvalue weighted by Crippen LogP contribution is -2.59.